The molecule has 1 aromatic heterocycles. The average Bonchev–Trinajstić information content (AvgIpc) is 3.31. The molecule has 0 aliphatic heterocycles. The minimum absolute atomic E-state index is 0.128. The standard InChI is InChI=1S/C24H28N4O/c1-17-7-4-5-9-21(17)28-22-10-6-8-20(22)23(26-28)24(29)25-19-13-11-18(12-14-19)15-16-27(2)3/h4-5,7,9,11-14H,6,8,10,15-16H2,1-3H3,(H,25,29). The molecule has 0 unspecified atom stereocenters. The number of amides is 1. The molecule has 0 bridgehead atoms. The molecule has 0 saturated heterocycles. The molecule has 0 fully saturated rings. The number of nitrogens with one attached hydrogen (secondary N) is 1. The van der Waals surface area contributed by atoms with E-state index in [1.54, 1.807) is 0 Å². The van der Waals surface area contributed by atoms with E-state index in [9.17, 15) is 4.79 Å². The highest BCUT2D eigenvalue weighted by Crippen LogP contribution is 2.29. The number of fused-ring (bicyclic) bond motifs is 1. The van der Waals surface area contributed by atoms with Gasteiger partial charge in [0.15, 0.2) is 5.69 Å². The Hall–Kier alpha value is -2.92. The highest BCUT2D eigenvalue weighted by atomic mass is 16.2. The van der Waals surface area contributed by atoms with Gasteiger partial charge in [0, 0.05) is 23.5 Å². The number of carbonyl (C=O) groups excluding carboxylic acids is 1. The van der Waals surface area contributed by atoms with Gasteiger partial charge in [-0.3, -0.25) is 4.79 Å². The van der Waals surface area contributed by atoms with Crippen molar-refractivity contribution in [2.24, 2.45) is 0 Å². The summed E-state index contributed by atoms with van der Waals surface area (Å²) in [7, 11) is 4.15. The number of hydrogen-bond acceptors (Lipinski definition) is 3. The summed E-state index contributed by atoms with van der Waals surface area (Å²) in [6, 6.07) is 16.3. The van der Waals surface area contributed by atoms with Crippen molar-refractivity contribution in [3.63, 3.8) is 0 Å². The molecule has 0 radical (unpaired) electrons. The summed E-state index contributed by atoms with van der Waals surface area (Å²) in [5.41, 5.74) is 7.09. The quantitative estimate of drug-likeness (QED) is 0.694. The second-order valence-corrected chi connectivity index (χ2v) is 8.03. The summed E-state index contributed by atoms with van der Waals surface area (Å²) in [6.45, 7) is 3.09. The molecule has 1 aliphatic rings. The summed E-state index contributed by atoms with van der Waals surface area (Å²) >= 11 is 0. The molecule has 150 valence electrons. The normalized spacial score (nSPS) is 13.0. The number of rotatable bonds is 6. The zero-order chi connectivity index (χ0) is 20.4. The van der Waals surface area contributed by atoms with Crippen LogP contribution in [-0.2, 0) is 19.3 Å². The molecule has 1 heterocycles. The molecular formula is C24H28N4O. The summed E-state index contributed by atoms with van der Waals surface area (Å²) in [5, 5.41) is 7.76. The van der Waals surface area contributed by atoms with Crippen molar-refractivity contribution in [2.45, 2.75) is 32.6 Å². The van der Waals surface area contributed by atoms with Gasteiger partial charge >= 0.3 is 0 Å². The van der Waals surface area contributed by atoms with Crippen LogP contribution < -0.4 is 5.32 Å². The van der Waals surface area contributed by atoms with Crippen molar-refractivity contribution >= 4 is 11.6 Å². The molecule has 0 spiro atoms. The smallest absolute Gasteiger partial charge is 0.276 e. The first-order valence-electron chi connectivity index (χ1n) is 10.2. The van der Waals surface area contributed by atoms with Crippen LogP contribution in [0.1, 0.15) is 39.3 Å². The maximum atomic E-state index is 13.0. The van der Waals surface area contributed by atoms with E-state index in [0.717, 1.165) is 54.7 Å². The fraction of sp³-hybridized carbons (Fsp3) is 0.333. The molecule has 1 aliphatic carbocycles. The van der Waals surface area contributed by atoms with Crippen molar-refractivity contribution in [1.82, 2.24) is 14.7 Å². The van der Waals surface area contributed by atoms with Gasteiger partial charge in [-0.05, 0) is 76.0 Å². The summed E-state index contributed by atoms with van der Waals surface area (Å²) in [5.74, 6) is -0.128. The van der Waals surface area contributed by atoms with E-state index in [-0.39, 0.29) is 5.91 Å². The van der Waals surface area contributed by atoms with Crippen molar-refractivity contribution in [1.29, 1.82) is 0 Å². The SMILES string of the molecule is Cc1ccccc1-n1nc(C(=O)Nc2ccc(CCN(C)C)cc2)c2c1CCC2. The van der Waals surface area contributed by atoms with Gasteiger partial charge in [0.2, 0.25) is 0 Å². The van der Waals surface area contributed by atoms with E-state index < -0.39 is 0 Å². The fourth-order valence-corrected chi connectivity index (χ4v) is 3.92. The third-order valence-electron chi connectivity index (χ3n) is 5.55. The second kappa shape index (κ2) is 8.21. The molecule has 5 nitrogen and oxygen atoms in total. The van der Waals surface area contributed by atoms with Crippen LogP contribution in [0.3, 0.4) is 0 Å². The molecule has 5 heteroatoms. The maximum absolute atomic E-state index is 13.0. The third-order valence-corrected chi connectivity index (χ3v) is 5.55. The van der Waals surface area contributed by atoms with Crippen LogP contribution in [0, 0.1) is 6.92 Å². The molecule has 3 aromatic rings. The third kappa shape index (κ3) is 4.10. The Bertz CT molecular complexity index is 1020. The topological polar surface area (TPSA) is 50.2 Å². The van der Waals surface area contributed by atoms with Crippen LogP contribution in [0.4, 0.5) is 5.69 Å². The van der Waals surface area contributed by atoms with E-state index in [1.807, 2.05) is 28.9 Å². The number of aromatic nitrogens is 2. The van der Waals surface area contributed by atoms with Crippen molar-refractivity contribution in [3.05, 3.63) is 76.6 Å². The van der Waals surface area contributed by atoms with Crippen molar-refractivity contribution < 1.29 is 4.79 Å². The molecule has 1 amide bonds. The van der Waals surface area contributed by atoms with E-state index in [2.05, 4.69) is 55.5 Å². The predicted molar refractivity (Wildman–Crippen MR) is 117 cm³/mol. The lowest BCUT2D eigenvalue weighted by Crippen LogP contribution is -2.16. The lowest BCUT2D eigenvalue weighted by Gasteiger charge is -2.10. The fourth-order valence-electron chi connectivity index (χ4n) is 3.92. The first kappa shape index (κ1) is 19.4. The molecule has 0 saturated carbocycles. The number of likely N-dealkylation sites (N-methyl/N-ethyl adjacent to an activating group) is 1. The minimum atomic E-state index is -0.128. The highest BCUT2D eigenvalue weighted by molar-refractivity contribution is 6.04. The molecule has 4 rings (SSSR count). The number of nitrogens with zero attached hydrogens (tertiary/aromatic N) is 3. The lowest BCUT2D eigenvalue weighted by atomic mass is 10.1. The Morgan fingerprint density at radius 1 is 1.10 bits per heavy atom. The first-order chi connectivity index (χ1) is 14.0. The Morgan fingerprint density at radius 2 is 1.86 bits per heavy atom. The molecule has 29 heavy (non-hydrogen) atoms. The number of para-hydroxylation sites is 1. The molecule has 0 atom stereocenters. The van der Waals surface area contributed by atoms with E-state index >= 15 is 0 Å². The van der Waals surface area contributed by atoms with Gasteiger partial charge in [0.1, 0.15) is 0 Å². The summed E-state index contributed by atoms with van der Waals surface area (Å²) in [6.07, 6.45) is 3.94. The Balaban J connectivity index is 1.55. The molecule has 2 aromatic carbocycles. The number of anilines is 1. The Labute approximate surface area is 172 Å². The zero-order valence-electron chi connectivity index (χ0n) is 17.4. The minimum Gasteiger partial charge on any atom is -0.321 e. The van der Waals surface area contributed by atoms with Gasteiger partial charge < -0.3 is 10.2 Å². The van der Waals surface area contributed by atoms with E-state index in [0.29, 0.717) is 5.69 Å². The van der Waals surface area contributed by atoms with Crippen LogP contribution in [-0.4, -0.2) is 41.2 Å². The zero-order valence-corrected chi connectivity index (χ0v) is 17.4. The average molecular weight is 389 g/mol. The van der Waals surface area contributed by atoms with Gasteiger partial charge in [-0.2, -0.15) is 5.10 Å². The van der Waals surface area contributed by atoms with E-state index in [4.69, 9.17) is 5.10 Å². The predicted octanol–water partition coefficient (Wildman–Crippen LogP) is 4.03. The summed E-state index contributed by atoms with van der Waals surface area (Å²) in [4.78, 5) is 15.2. The van der Waals surface area contributed by atoms with Gasteiger partial charge in [-0.25, -0.2) is 4.68 Å². The van der Waals surface area contributed by atoms with Crippen LogP contribution >= 0.6 is 0 Å². The number of hydrogen-bond donors (Lipinski definition) is 1. The Morgan fingerprint density at radius 3 is 2.59 bits per heavy atom. The monoisotopic (exact) mass is 388 g/mol. The van der Waals surface area contributed by atoms with Gasteiger partial charge in [0.05, 0.1) is 5.69 Å². The highest BCUT2D eigenvalue weighted by Gasteiger charge is 2.27. The van der Waals surface area contributed by atoms with E-state index in [1.165, 1.54) is 11.3 Å². The molecular weight excluding hydrogens is 360 g/mol. The first-order valence-corrected chi connectivity index (χ1v) is 10.2. The lowest BCUT2D eigenvalue weighted by molar-refractivity contribution is 0.102. The second-order valence-electron chi connectivity index (χ2n) is 8.03. The summed E-state index contributed by atoms with van der Waals surface area (Å²) < 4.78 is 1.97. The van der Waals surface area contributed by atoms with Crippen LogP contribution in [0.5, 0.6) is 0 Å². The number of benzene rings is 2. The Kier molecular flexibility index (Phi) is 5.49. The van der Waals surface area contributed by atoms with Gasteiger partial charge in [0.25, 0.3) is 5.91 Å². The van der Waals surface area contributed by atoms with Crippen molar-refractivity contribution in [2.75, 3.05) is 26.0 Å². The van der Waals surface area contributed by atoms with Gasteiger partial charge in [-0.1, -0.05) is 30.3 Å². The van der Waals surface area contributed by atoms with Gasteiger partial charge in [-0.15, -0.1) is 0 Å². The van der Waals surface area contributed by atoms with Crippen LogP contribution in [0.15, 0.2) is 48.5 Å². The number of carbonyl (C=O) groups is 1. The van der Waals surface area contributed by atoms with Crippen molar-refractivity contribution in [3.8, 4) is 5.69 Å². The largest absolute Gasteiger partial charge is 0.321 e. The maximum Gasteiger partial charge on any atom is 0.276 e. The number of aryl methyl sites for hydroxylation is 1. The van der Waals surface area contributed by atoms with Crippen LogP contribution in [0.2, 0.25) is 0 Å². The van der Waals surface area contributed by atoms with Crippen LogP contribution in [0.25, 0.3) is 5.69 Å². The molecule has 1 N–H and O–H groups in total.